The van der Waals surface area contributed by atoms with E-state index in [1.807, 2.05) is 37.3 Å². The van der Waals surface area contributed by atoms with Crippen molar-refractivity contribution in [3.05, 3.63) is 60.0 Å². The molecule has 2 aromatic heterocycles. The first kappa shape index (κ1) is 19.9. The van der Waals surface area contributed by atoms with Crippen molar-refractivity contribution in [3.63, 3.8) is 0 Å². The second kappa shape index (κ2) is 8.57. The molecule has 3 heterocycles. The van der Waals surface area contributed by atoms with E-state index >= 15 is 0 Å². The molecule has 4 rings (SSSR count). The van der Waals surface area contributed by atoms with Crippen LogP contribution < -0.4 is 0 Å². The van der Waals surface area contributed by atoms with Gasteiger partial charge in [-0.1, -0.05) is 12.1 Å². The van der Waals surface area contributed by atoms with Gasteiger partial charge in [-0.2, -0.15) is 5.10 Å². The van der Waals surface area contributed by atoms with E-state index in [-0.39, 0.29) is 17.8 Å². The van der Waals surface area contributed by atoms with E-state index in [1.54, 1.807) is 34.9 Å². The third kappa shape index (κ3) is 4.01. The first-order chi connectivity index (χ1) is 14.6. The van der Waals surface area contributed by atoms with Gasteiger partial charge in [0.15, 0.2) is 5.76 Å². The predicted octanol–water partition coefficient (Wildman–Crippen LogP) is 3.86. The molecule has 1 aliphatic heterocycles. The maximum absolute atomic E-state index is 13.4. The molecule has 1 saturated heterocycles. The Hall–Kier alpha value is -3.35. The molecule has 0 bridgehead atoms. The topological polar surface area (TPSA) is 77.6 Å². The fraction of sp³-hybridized carbons (Fsp3) is 0.348. The van der Waals surface area contributed by atoms with Crippen molar-refractivity contribution < 1.29 is 18.7 Å². The number of benzene rings is 1. The van der Waals surface area contributed by atoms with Crippen LogP contribution in [0.15, 0.2) is 53.1 Å². The summed E-state index contributed by atoms with van der Waals surface area (Å²) < 4.78 is 12.3. The minimum Gasteiger partial charge on any atom is -0.466 e. The number of nitrogens with zero attached hydrogens (tertiary/aromatic N) is 3. The normalized spacial score (nSPS) is 14.7. The van der Waals surface area contributed by atoms with E-state index < -0.39 is 0 Å². The average Bonchev–Trinajstić information content (AvgIpc) is 3.43. The number of piperidine rings is 1. The minimum atomic E-state index is -0.172. The molecular formula is C23H25N3O4. The van der Waals surface area contributed by atoms with Crippen LogP contribution in [0.5, 0.6) is 0 Å². The maximum Gasteiger partial charge on any atom is 0.309 e. The van der Waals surface area contributed by atoms with Crippen LogP contribution in [0.4, 0.5) is 0 Å². The van der Waals surface area contributed by atoms with Crippen LogP contribution in [0.3, 0.4) is 0 Å². The highest BCUT2D eigenvalue weighted by Gasteiger charge is 2.30. The number of carbonyl (C=O) groups is 2. The van der Waals surface area contributed by atoms with E-state index in [0.29, 0.717) is 49.7 Å². The predicted molar refractivity (Wildman–Crippen MR) is 111 cm³/mol. The van der Waals surface area contributed by atoms with Gasteiger partial charge in [0.2, 0.25) is 0 Å². The Kier molecular flexibility index (Phi) is 5.70. The van der Waals surface area contributed by atoms with Gasteiger partial charge < -0.3 is 14.1 Å². The Labute approximate surface area is 175 Å². The molecule has 0 radical (unpaired) electrons. The molecule has 0 atom stereocenters. The van der Waals surface area contributed by atoms with Crippen molar-refractivity contribution in [3.8, 4) is 17.1 Å². The van der Waals surface area contributed by atoms with Gasteiger partial charge in [0.1, 0.15) is 11.4 Å². The number of carbonyl (C=O) groups excluding carboxylic acids is 2. The van der Waals surface area contributed by atoms with Crippen molar-refractivity contribution >= 4 is 11.9 Å². The molecule has 156 valence electrons. The summed E-state index contributed by atoms with van der Waals surface area (Å²) >= 11 is 0. The van der Waals surface area contributed by atoms with Crippen LogP contribution in [0.1, 0.15) is 35.8 Å². The highest BCUT2D eigenvalue weighted by molar-refractivity contribution is 5.94. The number of aryl methyl sites for hydroxylation is 1. The number of hydrogen-bond donors (Lipinski definition) is 0. The minimum absolute atomic E-state index is 0.107. The zero-order valence-corrected chi connectivity index (χ0v) is 17.2. The summed E-state index contributed by atoms with van der Waals surface area (Å²) in [4.78, 5) is 27.2. The lowest BCUT2D eigenvalue weighted by Gasteiger charge is -2.30. The Bertz CT molecular complexity index is 1030. The SMILES string of the molecule is CCOC(=O)C1CCN(C(=O)c2cc(-c3ccco3)nn2-c2cccc(C)c2)CC1. The molecule has 0 aliphatic carbocycles. The summed E-state index contributed by atoms with van der Waals surface area (Å²) in [5.41, 5.74) is 2.97. The van der Waals surface area contributed by atoms with Gasteiger partial charge in [0, 0.05) is 19.2 Å². The fourth-order valence-electron chi connectivity index (χ4n) is 3.78. The van der Waals surface area contributed by atoms with E-state index in [9.17, 15) is 9.59 Å². The second-order valence-corrected chi connectivity index (χ2v) is 7.46. The van der Waals surface area contributed by atoms with Gasteiger partial charge in [-0.05, 0) is 56.5 Å². The van der Waals surface area contributed by atoms with E-state index in [0.717, 1.165) is 11.3 Å². The Morgan fingerprint density at radius 2 is 1.97 bits per heavy atom. The van der Waals surface area contributed by atoms with Gasteiger partial charge in [-0.25, -0.2) is 4.68 Å². The average molecular weight is 407 g/mol. The quantitative estimate of drug-likeness (QED) is 0.600. The van der Waals surface area contributed by atoms with Gasteiger partial charge in [0.25, 0.3) is 5.91 Å². The molecule has 7 nitrogen and oxygen atoms in total. The third-order valence-corrected chi connectivity index (χ3v) is 5.35. The number of furan rings is 1. The van der Waals surface area contributed by atoms with Crippen LogP contribution in [0.2, 0.25) is 0 Å². The number of aromatic nitrogens is 2. The summed E-state index contributed by atoms with van der Waals surface area (Å²) in [6.07, 6.45) is 2.80. The zero-order valence-electron chi connectivity index (χ0n) is 17.2. The molecule has 30 heavy (non-hydrogen) atoms. The summed E-state index contributed by atoms with van der Waals surface area (Å²) in [5, 5.41) is 4.65. The van der Waals surface area contributed by atoms with E-state index in [1.165, 1.54) is 0 Å². The Morgan fingerprint density at radius 3 is 2.63 bits per heavy atom. The summed E-state index contributed by atoms with van der Waals surface area (Å²) in [6.45, 7) is 5.21. The van der Waals surface area contributed by atoms with Crippen LogP contribution >= 0.6 is 0 Å². The Balaban J connectivity index is 1.61. The summed E-state index contributed by atoms with van der Waals surface area (Å²) in [5.74, 6) is 0.185. The van der Waals surface area contributed by atoms with E-state index in [2.05, 4.69) is 5.10 Å². The monoisotopic (exact) mass is 407 g/mol. The van der Waals surface area contributed by atoms with Crippen LogP contribution in [0, 0.1) is 12.8 Å². The second-order valence-electron chi connectivity index (χ2n) is 7.46. The highest BCUT2D eigenvalue weighted by atomic mass is 16.5. The highest BCUT2D eigenvalue weighted by Crippen LogP contribution is 2.26. The molecule has 1 amide bonds. The maximum atomic E-state index is 13.4. The van der Waals surface area contributed by atoms with Gasteiger partial charge in [-0.3, -0.25) is 9.59 Å². The first-order valence-electron chi connectivity index (χ1n) is 10.2. The number of esters is 1. The molecule has 0 spiro atoms. The Morgan fingerprint density at radius 1 is 1.17 bits per heavy atom. The molecular weight excluding hydrogens is 382 g/mol. The molecule has 0 saturated carbocycles. The molecule has 0 unspecified atom stereocenters. The summed E-state index contributed by atoms with van der Waals surface area (Å²) in [6, 6.07) is 13.2. The molecule has 7 heteroatoms. The molecule has 1 aromatic carbocycles. The van der Waals surface area contributed by atoms with Crippen LogP contribution in [-0.2, 0) is 9.53 Å². The number of likely N-dealkylation sites (tertiary alicyclic amines) is 1. The van der Waals surface area contributed by atoms with Crippen molar-refractivity contribution in [2.45, 2.75) is 26.7 Å². The van der Waals surface area contributed by atoms with Crippen molar-refractivity contribution in [2.24, 2.45) is 5.92 Å². The van der Waals surface area contributed by atoms with Crippen LogP contribution in [0.25, 0.3) is 17.1 Å². The summed E-state index contributed by atoms with van der Waals surface area (Å²) in [7, 11) is 0. The van der Waals surface area contributed by atoms with Crippen molar-refractivity contribution in [2.75, 3.05) is 19.7 Å². The number of hydrogen-bond acceptors (Lipinski definition) is 5. The molecule has 1 aliphatic rings. The van der Waals surface area contributed by atoms with Gasteiger partial charge >= 0.3 is 5.97 Å². The lowest BCUT2D eigenvalue weighted by molar-refractivity contribution is -0.149. The number of rotatable bonds is 5. The molecule has 1 fully saturated rings. The van der Waals surface area contributed by atoms with E-state index in [4.69, 9.17) is 9.15 Å². The smallest absolute Gasteiger partial charge is 0.309 e. The zero-order chi connectivity index (χ0) is 21.1. The fourth-order valence-corrected chi connectivity index (χ4v) is 3.78. The lowest BCUT2D eigenvalue weighted by atomic mass is 9.97. The van der Waals surface area contributed by atoms with Crippen molar-refractivity contribution in [1.29, 1.82) is 0 Å². The third-order valence-electron chi connectivity index (χ3n) is 5.35. The van der Waals surface area contributed by atoms with Crippen LogP contribution in [-0.4, -0.2) is 46.3 Å². The molecule has 0 N–H and O–H groups in total. The number of ether oxygens (including phenoxy) is 1. The van der Waals surface area contributed by atoms with Gasteiger partial charge in [-0.15, -0.1) is 0 Å². The largest absolute Gasteiger partial charge is 0.466 e. The van der Waals surface area contributed by atoms with Crippen molar-refractivity contribution in [1.82, 2.24) is 14.7 Å². The lowest BCUT2D eigenvalue weighted by Crippen LogP contribution is -2.41. The molecule has 3 aromatic rings. The number of amides is 1. The standard InChI is InChI=1S/C23H25N3O4/c1-3-29-23(28)17-9-11-25(12-10-17)22(27)20-15-19(21-8-5-13-30-21)24-26(20)18-7-4-6-16(2)14-18/h4-8,13-15,17H,3,9-12H2,1-2H3. The first-order valence-corrected chi connectivity index (χ1v) is 10.2. The van der Waals surface area contributed by atoms with Gasteiger partial charge in [0.05, 0.1) is 24.5 Å².